The summed E-state index contributed by atoms with van der Waals surface area (Å²) >= 11 is 18.2. The van der Waals surface area contributed by atoms with Crippen LogP contribution in [0.25, 0.3) is 22.3 Å². The predicted molar refractivity (Wildman–Crippen MR) is 80.0 cm³/mol. The highest BCUT2D eigenvalue weighted by Crippen LogP contribution is 2.29. The third kappa shape index (κ3) is 2.39. The molecule has 0 atom stereocenters. The van der Waals surface area contributed by atoms with Crippen molar-refractivity contribution >= 4 is 45.7 Å². The van der Waals surface area contributed by atoms with Gasteiger partial charge in [-0.3, -0.25) is 0 Å². The Labute approximate surface area is 125 Å². The number of fused-ring (bicyclic) bond motifs is 1. The first kappa shape index (κ1) is 12.7. The Hall–Kier alpha value is -1.35. The molecule has 19 heavy (non-hydrogen) atoms. The lowest BCUT2D eigenvalue weighted by Crippen LogP contribution is -1.92. The molecule has 5 heteroatoms. The van der Waals surface area contributed by atoms with Crippen LogP contribution in [-0.4, -0.2) is 9.97 Å². The molecule has 2 aromatic carbocycles. The molecule has 0 bridgehead atoms. The van der Waals surface area contributed by atoms with Crippen molar-refractivity contribution in [3.63, 3.8) is 0 Å². The maximum Gasteiger partial charge on any atom is 0.161 e. The van der Waals surface area contributed by atoms with E-state index in [9.17, 15) is 0 Å². The summed E-state index contributed by atoms with van der Waals surface area (Å²) in [6.45, 7) is 0. The molecule has 0 N–H and O–H groups in total. The average molecular weight is 310 g/mol. The van der Waals surface area contributed by atoms with E-state index in [1.807, 2.05) is 24.3 Å². The first-order valence-electron chi connectivity index (χ1n) is 5.53. The number of hydrogen-bond donors (Lipinski definition) is 0. The van der Waals surface area contributed by atoms with Crippen molar-refractivity contribution in [2.75, 3.05) is 0 Å². The highest BCUT2D eigenvalue weighted by Gasteiger charge is 2.10. The first-order chi connectivity index (χ1) is 9.15. The number of rotatable bonds is 1. The summed E-state index contributed by atoms with van der Waals surface area (Å²) in [6, 6.07) is 12.7. The fourth-order valence-electron chi connectivity index (χ4n) is 1.81. The minimum atomic E-state index is 0.387. The second-order valence-corrected chi connectivity index (χ2v) is 5.18. The number of benzene rings is 2. The molecule has 0 spiro atoms. The third-order valence-corrected chi connectivity index (χ3v) is 3.58. The van der Waals surface area contributed by atoms with Gasteiger partial charge < -0.3 is 0 Å². The number of aromatic nitrogens is 2. The Bertz CT molecular complexity index is 754. The monoisotopic (exact) mass is 308 g/mol. The van der Waals surface area contributed by atoms with Gasteiger partial charge in [0.15, 0.2) is 5.82 Å². The highest BCUT2D eigenvalue weighted by molar-refractivity contribution is 6.38. The zero-order chi connectivity index (χ0) is 13.4. The van der Waals surface area contributed by atoms with Gasteiger partial charge >= 0.3 is 0 Å². The van der Waals surface area contributed by atoms with E-state index in [1.54, 1.807) is 18.2 Å². The minimum absolute atomic E-state index is 0.387. The van der Waals surface area contributed by atoms with E-state index in [0.29, 0.717) is 26.5 Å². The van der Waals surface area contributed by atoms with Crippen LogP contribution in [0.1, 0.15) is 0 Å². The molecule has 1 aromatic heterocycles. The summed E-state index contributed by atoms with van der Waals surface area (Å²) in [5, 5.41) is 2.34. The van der Waals surface area contributed by atoms with Gasteiger partial charge in [0.2, 0.25) is 0 Å². The molecule has 0 aliphatic rings. The van der Waals surface area contributed by atoms with E-state index in [2.05, 4.69) is 9.97 Å². The van der Waals surface area contributed by atoms with Crippen LogP contribution in [-0.2, 0) is 0 Å². The normalized spacial score (nSPS) is 10.9. The average Bonchev–Trinajstić information content (AvgIpc) is 2.41. The summed E-state index contributed by atoms with van der Waals surface area (Å²) in [5.41, 5.74) is 1.49. The van der Waals surface area contributed by atoms with E-state index in [4.69, 9.17) is 34.8 Å². The molecule has 0 fully saturated rings. The molecule has 0 unspecified atom stereocenters. The van der Waals surface area contributed by atoms with Gasteiger partial charge in [-0.15, -0.1) is 0 Å². The van der Waals surface area contributed by atoms with Crippen molar-refractivity contribution in [2.24, 2.45) is 0 Å². The fourth-order valence-corrected chi connectivity index (χ4v) is 2.38. The SMILES string of the molecule is Clc1ccc(-c2nc(Cl)c3cccc(Cl)c3n2)cc1. The molecule has 0 aliphatic carbocycles. The molecule has 0 aliphatic heterocycles. The Kier molecular flexibility index (Phi) is 3.31. The van der Waals surface area contributed by atoms with Crippen LogP contribution in [0.4, 0.5) is 0 Å². The number of hydrogen-bond acceptors (Lipinski definition) is 2. The summed E-state index contributed by atoms with van der Waals surface area (Å²) in [4.78, 5) is 8.76. The van der Waals surface area contributed by atoms with Gasteiger partial charge in [0, 0.05) is 16.0 Å². The second-order valence-electron chi connectivity index (χ2n) is 3.98. The van der Waals surface area contributed by atoms with Gasteiger partial charge in [-0.05, 0) is 36.4 Å². The standard InChI is InChI=1S/C14H7Cl3N2/c15-9-6-4-8(5-7-9)14-18-12-10(13(17)19-14)2-1-3-11(12)16/h1-7H. The zero-order valence-electron chi connectivity index (χ0n) is 9.57. The van der Waals surface area contributed by atoms with Crippen LogP contribution in [0.3, 0.4) is 0 Å². The molecular weight excluding hydrogens is 303 g/mol. The summed E-state index contributed by atoms with van der Waals surface area (Å²) in [5.74, 6) is 0.530. The van der Waals surface area contributed by atoms with E-state index in [1.165, 1.54) is 0 Å². The van der Waals surface area contributed by atoms with Crippen LogP contribution in [0.15, 0.2) is 42.5 Å². The Morgan fingerprint density at radius 1 is 0.789 bits per heavy atom. The van der Waals surface area contributed by atoms with Crippen LogP contribution in [0.5, 0.6) is 0 Å². The van der Waals surface area contributed by atoms with Crippen LogP contribution < -0.4 is 0 Å². The Morgan fingerprint density at radius 2 is 1.53 bits per heavy atom. The Balaban J connectivity index is 2.25. The van der Waals surface area contributed by atoms with Gasteiger partial charge in [-0.1, -0.05) is 40.9 Å². The zero-order valence-corrected chi connectivity index (χ0v) is 11.8. The van der Waals surface area contributed by atoms with Crippen LogP contribution in [0.2, 0.25) is 15.2 Å². The third-order valence-electron chi connectivity index (χ3n) is 2.73. The largest absolute Gasteiger partial charge is 0.226 e. The maximum absolute atomic E-state index is 6.18. The van der Waals surface area contributed by atoms with Gasteiger partial charge in [0.05, 0.1) is 10.5 Å². The molecule has 0 amide bonds. The van der Waals surface area contributed by atoms with Crippen molar-refractivity contribution in [3.8, 4) is 11.4 Å². The molecule has 0 saturated carbocycles. The van der Waals surface area contributed by atoms with E-state index in [0.717, 1.165) is 10.9 Å². The van der Waals surface area contributed by atoms with Gasteiger partial charge in [-0.25, -0.2) is 9.97 Å². The molecule has 0 saturated heterocycles. The quantitative estimate of drug-likeness (QED) is 0.573. The van der Waals surface area contributed by atoms with Crippen LogP contribution in [0, 0.1) is 0 Å². The fraction of sp³-hybridized carbons (Fsp3) is 0. The molecule has 2 nitrogen and oxygen atoms in total. The van der Waals surface area contributed by atoms with E-state index >= 15 is 0 Å². The van der Waals surface area contributed by atoms with Crippen molar-refractivity contribution in [1.82, 2.24) is 9.97 Å². The van der Waals surface area contributed by atoms with E-state index < -0.39 is 0 Å². The molecule has 1 heterocycles. The van der Waals surface area contributed by atoms with Gasteiger partial charge in [-0.2, -0.15) is 0 Å². The Morgan fingerprint density at radius 3 is 2.26 bits per heavy atom. The van der Waals surface area contributed by atoms with E-state index in [-0.39, 0.29) is 0 Å². The van der Waals surface area contributed by atoms with Crippen molar-refractivity contribution in [2.45, 2.75) is 0 Å². The minimum Gasteiger partial charge on any atom is -0.226 e. The molecule has 3 aromatic rings. The molecule has 3 rings (SSSR count). The topological polar surface area (TPSA) is 25.8 Å². The predicted octanol–water partition coefficient (Wildman–Crippen LogP) is 5.26. The van der Waals surface area contributed by atoms with Crippen molar-refractivity contribution in [1.29, 1.82) is 0 Å². The maximum atomic E-state index is 6.18. The lowest BCUT2D eigenvalue weighted by Gasteiger charge is -2.05. The lowest BCUT2D eigenvalue weighted by atomic mass is 10.2. The molecule has 0 radical (unpaired) electrons. The highest BCUT2D eigenvalue weighted by atomic mass is 35.5. The van der Waals surface area contributed by atoms with Gasteiger partial charge in [0.25, 0.3) is 0 Å². The number of para-hydroxylation sites is 1. The van der Waals surface area contributed by atoms with Crippen molar-refractivity contribution < 1.29 is 0 Å². The first-order valence-corrected chi connectivity index (χ1v) is 6.66. The van der Waals surface area contributed by atoms with Crippen molar-refractivity contribution in [3.05, 3.63) is 57.7 Å². The number of nitrogens with zero attached hydrogens (tertiary/aromatic N) is 2. The lowest BCUT2D eigenvalue weighted by molar-refractivity contribution is 1.23. The number of halogens is 3. The molecule has 94 valence electrons. The summed E-state index contributed by atoms with van der Waals surface area (Å²) in [7, 11) is 0. The smallest absolute Gasteiger partial charge is 0.161 e. The molecular formula is C14H7Cl3N2. The summed E-state index contributed by atoms with van der Waals surface area (Å²) in [6.07, 6.45) is 0. The van der Waals surface area contributed by atoms with Crippen LogP contribution >= 0.6 is 34.8 Å². The second kappa shape index (κ2) is 4.97. The summed E-state index contributed by atoms with van der Waals surface area (Å²) < 4.78 is 0. The van der Waals surface area contributed by atoms with Gasteiger partial charge in [0.1, 0.15) is 5.15 Å².